The number of nitrogens with zero attached hydrogens (tertiary/aromatic N) is 3. The van der Waals surface area contributed by atoms with E-state index in [0.29, 0.717) is 48.5 Å². The first-order chi connectivity index (χ1) is 17.6. The second kappa shape index (κ2) is 11.2. The standard InChI is InChI=1S/C29H36N4O3/c1-21(32-15-5-6-16-32)11-14-30-27(34)19-22-12-17-33(18-13-22)29(35)24-9-10-25-26(20-24)36-28(31-25)23-7-3-2-4-8-23/h2-4,7-10,20-22H,5-6,11-19H2,1H3,(H,30,34)/t21-/m0/s1. The molecule has 1 aromatic heterocycles. The molecule has 1 N–H and O–H groups in total. The molecule has 0 saturated carbocycles. The number of likely N-dealkylation sites (tertiary alicyclic amines) is 2. The lowest BCUT2D eigenvalue weighted by molar-refractivity contribution is -0.122. The van der Waals surface area contributed by atoms with Gasteiger partial charge in [0.25, 0.3) is 5.91 Å². The van der Waals surface area contributed by atoms with Crippen LogP contribution in [-0.2, 0) is 4.79 Å². The topological polar surface area (TPSA) is 78.7 Å². The Hall–Kier alpha value is -3.19. The Morgan fingerprint density at radius 1 is 1.06 bits per heavy atom. The molecule has 0 bridgehead atoms. The van der Waals surface area contributed by atoms with Gasteiger partial charge in [-0.2, -0.15) is 0 Å². The van der Waals surface area contributed by atoms with Gasteiger partial charge in [-0.05, 0) is 88.4 Å². The number of benzene rings is 2. The van der Waals surface area contributed by atoms with E-state index in [2.05, 4.69) is 22.1 Å². The van der Waals surface area contributed by atoms with Gasteiger partial charge in [0.1, 0.15) is 5.52 Å². The van der Waals surface area contributed by atoms with Crippen molar-refractivity contribution in [1.82, 2.24) is 20.1 Å². The zero-order chi connectivity index (χ0) is 24.9. The SMILES string of the molecule is C[C@@H](CCNC(=O)CC1CCN(C(=O)c2ccc3nc(-c4ccccc4)oc3c2)CC1)N1CCCC1. The van der Waals surface area contributed by atoms with Crippen LogP contribution in [0.4, 0.5) is 0 Å². The number of aromatic nitrogens is 1. The molecule has 2 fully saturated rings. The van der Waals surface area contributed by atoms with E-state index in [1.165, 1.54) is 25.9 Å². The fourth-order valence-electron chi connectivity index (χ4n) is 5.40. The molecule has 190 valence electrons. The lowest BCUT2D eigenvalue weighted by atomic mass is 9.93. The van der Waals surface area contributed by atoms with Crippen LogP contribution in [0.15, 0.2) is 52.9 Å². The van der Waals surface area contributed by atoms with E-state index < -0.39 is 0 Å². The Kier molecular flexibility index (Phi) is 7.66. The second-order valence-corrected chi connectivity index (χ2v) is 10.2. The molecule has 5 rings (SSSR count). The van der Waals surface area contributed by atoms with E-state index in [0.717, 1.165) is 36.9 Å². The van der Waals surface area contributed by atoms with Gasteiger partial charge in [-0.25, -0.2) is 4.98 Å². The van der Waals surface area contributed by atoms with Crippen LogP contribution in [0.3, 0.4) is 0 Å². The number of hydrogen-bond acceptors (Lipinski definition) is 5. The highest BCUT2D eigenvalue weighted by molar-refractivity contribution is 5.97. The molecule has 7 heteroatoms. The van der Waals surface area contributed by atoms with Crippen LogP contribution < -0.4 is 5.32 Å². The average molecular weight is 489 g/mol. The summed E-state index contributed by atoms with van der Waals surface area (Å²) in [6.07, 6.45) is 5.84. The molecule has 1 atom stereocenters. The lowest BCUT2D eigenvalue weighted by Gasteiger charge is -2.32. The molecule has 2 aromatic carbocycles. The molecule has 0 spiro atoms. The van der Waals surface area contributed by atoms with Gasteiger partial charge in [0.05, 0.1) is 0 Å². The van der Waals surface area contributed by atoms with E-state index in [1.807, 2.05) is 47.4 Å². The van der Waals surface area contributed by atoms with E-state index >= 15 is 0 Å². The summed E-state index contributed by atoms with van der Waals surface area (Å²) in [6.45, 7) is 6.72. The van der Waals surface area contributed by atoms with Gasteiger partial charge in [-0.1, -0.05) is 18.2 Å². The molecule has 0 aliphatic carbocycles. The van der Waals surface area contributed by atoms with Crippen molar-refractivity contribution in [3.63, 3.8) is 0 Å². The average Bonchev–Trinajstić information content (AvgIpc) is 3.59. The number of carbonyl (C=O) groups excluding carboxylic acids is 2. The number of hydrogen-bond donors (Lipinski definition) is 1. The number of amides is 2. The van der Waals surface area contributed by atoms with Crippen molar-refractivity contribution in [2.75, 3.05) is 32.7 Å². The van der Waals surface area contributed by atoms with Gasteiger partial charge in [0.2, 0.25) is 11.8 Å². The van der Waals surface area contributed by atoms with Crippen molar-refractivity contribution < 1.29 is 14.0 Å². The van der Waals surface area contributed by atoms with Gasteiger partial charge in [0, 0.05) is 43.2 Å². The van der Waals surface area contributed by atoms with Gasteiger partial charge < -0.3 is 19.5 Å². The second-order valence-electron chi connectivity index (χ2n) is 10.2. The number of rotatable bonds is 8. The fourth-order valence-corrected chi connectivity index (χ4v) is 5.40. The van der Waals surface area contributed by atoms with Crippen molar-refractivity contribution in [2.24, 2.45) is 5.92 Å². The maximum Gasteiger partial charge on any atom is 0.253 e. The minimum absolute atomic E-state index is 0.00774. The van der Waals surface area contributed by atoms with Gasteiger partial charge in [-0.3, -0.25) is 9.59 Å². The predicted octanol–water partition coefficient (Wildman–Crippen LogP) is 4.73. The normalized spacial score (nSPS) is 18.0. The summed E-state index contributed by atoms with van der Waals surface area (Å²) in [6, 6.07) is 15.8. The fraction of sp³-hybridized carbons (Fsp3) is 0.483. The summed E-state index contributed by atoms with van der Waals surface area (Å²) in [5.74, 6) is 1.03. The predicted molar refractivity (Wildman–Crippen MR) is 141 cm³/mol. The molecule has 0 radical (unpaired) electrons. The van der Waals surface area contributed by atoms with E-state index in [-0.39, 0.29) is 11.8 Å². The Bertz CT molecular complexity index is 1180. The highest BCUT2D eigenvalue weighted by atomic mass is 16.3. The maximum absolute atomic E-state index is 13.1. The van der Waals surface area contributed by atoms with Crippen LogP contribution in [-0.4, -0.2) is 65.4 Å². The summed E-state index contributed by atoms with van der Waals surface area (Å²) >= 11 is 0. The molecule has 7 nitrogen and oxygen atoms in total. The van der Waals surface area contributed by atoms with Crippen LogP contribution in [0.1, 0.15) is 55.8 Å². The summed E-state index contributed by atoms with van der Waals surface area (Å²) in [5, 5.41) is 3.11. The van der Waals surface area contributed by atoms with Crippen molar-refractivity contribution in [3.8, 4) is 11.5 Å². The van der Waals surface area contributed by atoms with Crippen molar-refractivity contribution in [2.45, 2.75) is 51.5 Å². The van der Waals surface area contributed by atoms with Crippen LogP contribution in [0, 0.1) is 5.92 Å². The zero-order valence-corrected chi connectivity index (χ0v) is 21.1. The Balaban J connectivity index is 1.09. The minimum Gasteiger partial charge on any atom is -0.436 e. The lowest BCUT2D eigenvalue weighted by Crippen LogP contribution is -2.40. The van der Waals surface area contributed by atoms with E-state index in [1.54, 1.807) is 6.07 Å². The summed E-state index contributed by atoms with van der Waals surface area (Å²) < 4.78 is 5.94. The van der Waals surface area contributed by atoms with Gasteiger partial charge >= 0.3 is 0 Å². The quantitative estimate of drug-likeness (QED) is 0.496. The highest BCUT2D eigenvalue weighted by Gasteiger charge is 2.26. The Morgan fingerprint density at radius 3 is 2.56 bits per heavy atom. The number of piperidine rings is 1. The number of nitrogens with one attached hydrogen (secondary N) is 1. The minimum atomic E-state index is 0.00774. The van der Waals surface area contributed by atoms with Crippen LogP contribution in [0.5, 0.6) is 0 Å². The third-order valence-electron chi connectivity index (χ3n) is 7.68. The third kappa shape index (κ3) is 5.78. The van der Waals surface area contributed by atoms with E-state index in [4.69, 9.17) is 4.42 Å². The molecule has 3 heterocycles. The third-order valence-corrected chi connectivity index (χ3v) is 7.68. The summed E-state index contributed by atoms with van der Waals surface area (Å²) in [4.78, 5) is 34.6. The van der Waals surface area contributed by atoms with Crippen LogP contribution in [0.25, 0.3) is 22.6 Å². The maximum atomic E-state index is 13.1. The number of oxazole rings is 1. The monoisotopic (exact) mass is 488 g/mol. The highest BCUT2D eigenvalue weighted by Crippen LogP contribution is 2.26. The molecular formula is C29H36N4O3. The summed E-state index contributed by atoms with van der Waals surface area (Å²) in [7, 11) is 0. The largest absolute Gasteiger partial charge is 0.436 e. The van der Waals surface area contributed by atoms with Gasteiger partial charge in [0.15, 0.2) is 5.58 Å². The Labute approximate surface area is 212 Å². The first-order valence-electron chi connectivity index (χ1n) is 13.3. The van der Waals surface area contributed by atoms with Crippen LogP contribution in [0.2, 0.25) is 0 Å². The molecule has 2 saturated heterocycles. The smallest absolute Gasteiger partial charge is 0.253 e. The molecule has 2 amide bonds. The molecule has 2 aliphatic rings. The summed E-state index contributed by atoms with van der Waals surface area (Å²) in [5.41, 5.74) is 2.88. The Morgan fingerprint density at radius 2 is 1.81 bits per heavy atom. The van der Waals surface area contributed by atoms with Crippen molar-refractivity contribution in [3.05, 3.63) is 54.1 Å². The van der Waals surface area contributed by atoms with Crippen LogP contribution >= 0.6 is 0 Å². The number of fused-ring (bicyclic) bond motifs is 1. The molecule has 36 heavy (non-hydrogen) atoms. The van der Waals surface area contributed by atoms with Gasteiger partial charge in [-0.15, -0.1) is 0 Å². The van der Waals surface area contributed by atoms with E-state index in [9.17, 15) is 9.59 Å². The molecule has 3 aromatic rings. The van der Waals surface area contributed by atoms with Crippen molar-refractivity contribution >= 4 is 22.9 Å². The first kappa shape index (κ1) is 24.5. The molecule has 2 aliphatic heterocycles. The molecule has 0 unspecified atom stereocenters. The van der Waals surface area contributed by atoms with Crippen molar-refractivity contribution in [1.29, 1.82) is 0 Å². The molecular weight excluding hydrogens is 452 g/mol. The number of carbonyl (C=O) groups is 2. The zero-order valence-electron chi connectivity index (χ0n) is 21.1. The first-order valence-corrected chi connectivity index (χ1v) is 13.3.